The summed E-state index contributed by atoms with van der Waals surface area (Å²) in [7, 11) is 1.44. The third-order valence-corrected chi connectivity index (χ3v) is 2.06. The lowest BCUT2D eigenvalue weighted by atomic mass is 10.0. The molecule has 1 unspecified atom stereocenters. The van der Waals surface area contributed by atoms with Crippen LogP contribution in [0.3, 0.4) is 0 Å². The van der Waals surface area contributed by atoms with Gasteiger partial charge in [0.05, 0.1) is 18.9 Å². The van der Waals surface area contributed by atoms with Crippen LogP contribution in [0.25, 0.3) is 0 Å². The Hall–Kier alpha value is -1.79. The highest BCUT2D eigenvalue weighted by Gasteiger charge is 2.12. The van der Waals surface area contributed by atoms with Crippen LogP contribution in [0.5, 0.6) is 0 Å². The standard InChI is InChI=1S/C12H13NO2/c1-9-3-5-10(6-4-9)12(14)11(7-13)8-15-2/h3-6,8,12,14H,1-2H3/b11-8-. The van der Waals surface area contributed by atoms with Crippen LogP contribution in [0.4, 0.5) is 0 Å². The topological polar surface area (TPSA) is 53.2 Å². The third kappa shape index (κ3) is 2.83. The van der Waals surface area contributed by atoms with Gasteiger partial charge in [0.15, 0.2) is 0 Å². The molecule has 0 spiro atoms. The van der Waals surface area contributed by atoms with Crippen LogP contribution >= 0.6 is 0 Å². The molecule has 0 bridgehead atoms. The highest BCUT2D eigenvalue weighted by molar-refractivity contribution is 5.34. The summed E-state index contributed by atoms with van der Waals surface area (Å²) in [4.78, 5) is 0. The Balaban J connectivity index is 2.94. The normalized spacial score (nSPS) is 13.1. The first-order chi connectivity index (χ1) is 7.19. The lowest BCUT2D eigenvalue weighted by Crippen LogP contribution is -2.00. The van der Waals surface area contributed by atoms with Gasteiger partial charge in [0.2, 0.25) is 0 Å². The third-order valence-electron chi connectivity index (χ3n) is 2.06. The lowest BCUT2D eigenvalue weighted by Gasteiger charge is -2.09. The molecular formula is C12H13NO2. The minimum Gasteiger partial charge on any atom is -0.503 e. The number of nitriles is 1. The van der Waals surface area contributed by atoms with Gasteiger partial charge in [-0.3, -0.25) is 0 Å². The molecule has 15 heavy (non-hydrogen) atoms. The minimum absolute atomic E-state index is 0.196. The smallest absolute Gasteiger partial charge is 0.117 e. The van der Waals surface area contributed by atoms with E-state index in [4.69, 9.17) is 10.00 Å². The number of benzene rings is 1. The highest BCUT2D eigenvalue weighted by atomic mass is 16.5. The molecule has 1 rings (SSSR count). The van der Waals surface area contributed by atoms with Crippen LogP contribution in [-0.2, 0) is 4.74 Å². The maximum absolute atomic E-state index is 9.83. The van der Waals surface area contributed by atoms with Crippen LogP contribution in [0.2, 0.25) is 0 Å². The number of hydrogen-bond acceptors (Lipinski definition) is 3. The summed E-state index contributed by atoms with van der Waals surface area (Å²) in [5.41, 5.74) is 1.99. The summed E-state index contributed by atoms with van der Waals surface area (Å²) in [6.45, 7) is 1.96. The molecule has 0 aliphatic rings. The monoisotopic (exact) mass is 203 g/mol. The van der Waals surface area contributed by atoms with Crippen molar-refractivity contribution in [1.82, 2.24) is 0 Å². The zero-order chi connectivity index (χ0) is 11.3. The summed E-state index contributed by atoms with van der Waals surface area (Å²) < 4.78 is 4.72. The Kier molecular flexibility index (Phi) is 3.90. The first kappa shape index (κ1) is 11.3. The molecule has 0 radical (unpaired) electrons. The molecule has 0 aromatic heterocycles. The van der Waals surface area contributed by atoms with Gasteiger partial charge >= 0.3 is 0 Å². The number of aryl methyl sites for hydroxylation is 1. The summed E-state index contributed by atoms with van der Waals surface area (Å²) in [6.07, 6.45) is 0.334. The van der Waals surface area contributed by atoms with Gasteiger partial charge in [-0.25, -0.2) is 0 Å². The van der Waals surface area contributed by atoms with Gasteiger partial charge in [-0.1, -0.05) is 29.8 Å². The SMILES string of the molecule is CO/C=C(/C#N)C(O)c1ccc(C)cc1. The fourth-order valence-electron chi connectivity index (χ4n) is 1.21. The number of ether oxygens (including phenoxy) is 1. The molecule has 1 N–H and O–H groups in total. The number of rotatable bonds is 3. The van der Waals surface area contributed by atoms with Gasteiger partial charge in [-0.2, -0.15) is 5.26 Å². The number of hydrogen-bond donors (Lipinski definition) is 1. The van der Waals surface area contributed by atoms with E-state index in [2.05, 4.69) is 0 Å². The van der Waals surface area contributed by atoms with Crippen molar-refractivity contribution in [3.63, 3.8) is 0 Å². The van der Waals surface area contributed by atoms with E-state index in [0.29, 0.717) is 5.56 Å². The number of aliphatic hydroxyl groups excluding tert-OH is 1. The van der Waals surface area contributed by atoms with Crippen molar-refractivity contribution in [2.24, 2.45) is 0 Å². The molecule has 78 valence electrons. The van der Waals surface area contributed by atoms with Gasteiger partial charge in [0.1, 0.15) is 12.2 Å². The maximum atomic E-state index is 9.83. The molecular weight excluding hydrogens is 190 g/mol. The average Bonchev–Trinajstić information content (AvgIpc) is 2.26. The molecule has 1 atom stereocenters. The second-order valence-electron chi connectivity index (χ2n) is 3.23. The lowest BCUT2D eigenvalue weighted by molar-refractivity contribution is 0.212. The van der Waals surface area contributed by atoms with Crippen molar-refractivity contribution in [2.45, 2.75) is 13.0 Å². The molecule has 0 heterocycles. The Labute approximate surface area is 89.2 Å². The van der Waals surface area contributed by atoms with Crippen LogP contribution in [0.1, 0.15) is 17.2 Å². The van der Waals surface area contributed by atoms with E-state index < -0.39 is 6.10 Å². The second kappa shape index (κ2) is 5.18. The molecule has 1 aromatic rings. The largest absolute Gasteiger partial charge is 0.503 e. The summed E-state index contributed by atoms with van der Waals surface area (Å²) in [5.74, 6) is 0. The van der Waals surface area contributed by atoms with Crippen molar-refractivity contribution in [3.8, 4) is 6.07 Å². The zero-order valence-electron chi connectivity index (χ0n) is 8.77. The molecule has 3 heteroatoms. The van der Waals surface area contributed by atoms with Gasteiger partial charge in [-0.15, -0.1) is 0 Å². The molecule has 1 aromatic carbocycles. The first-order valence-electron chi connectivity index (χ1n) is 4.56. The Morgan fingerprint density at radius 3 is 2.53 bits per heavy atom. The van der Waals surface area contributed by atoms with Crippen molar-refractivity contribution in [2.75, 3.05) is 7.11 Å². The van der Waals surface area contributed by atoms with E-state index in [0.717, 1.165) is 5.56 Å². The summed E-state index contributed by atoms with van der Waals surface area (Å²) in [6, 6.07) is 9.27. The summed E-state index contributed by atoms with van der Waals surface area (Å²) in [5, 5.41) is 18.6. The number of nitrogens with zero attached hydrogens (tertiary/aromatic N) is 1. The van der Waals surface area contributed by atoms with Gasteiger partial charge in [0.25, 0.3) is 0 Å². The van der Waals surface area contributed by atoms with E-state index in [9.17, 15) is 5.11 Å². The Morgan fingerprint density at radius 1 is 1.47 bits per heavy atom. The molecule has 0 fully saturated rings. The van der Waals surface area contributed by atoms with E-state index in [1.54, 1.807) is 12.1 Å². The Morgan fingerprint density at radius 2 is 2.07 bits per heavy atom. The van der Waals surface area contributed by atoms with E-state index in [1.165, 1.54) is 13.4 Å². The zero-order valence-corrected chi connectivity index (χ0v) is 8.77. The predicted molar refractivity (Wildman–Crippen MR) is 56.8 cm³/mol. The van der Waals surface area contributed by atoms with E-state index in [-0.39, 0.29) is 5.57 Å². The highest BCUT2D eigenvalue weighted by Crippen LogP contribution is 2.21. The van der Waals surface area contributed by atoms with Gasteiger partial charge in [0, 0.05) is 0 Å². The fraction of sp³-hybridized carbons (Fsp3) is 0.250. The summed E-state index contributed by atoms with van der Waals surface area (Å²) >= 11 is 0. The van der Waals surface area contributed by atoms with Crippen LogP contribution in [-0.4, -0.2) is 12.2 Å². The molecule has 0 amide bonds. The van der Waals surface area contributed by atoms with Crippen molar-refractivity contribution in [3.05, 3.63) is 47.2 Å². The molecule has 0 aliphatic carbocycles. The minimum atomic E-state index is -0.921. The maximum Gasteiger partial charge on any atom is 0.117 e. The Bertz CT molecular complexity index is 387. The van der Waals surface area contributed by atoms with Crippen molar-refractivity contribution in [1.29, 1.82) is 5.26 Å². The number of aliphatic hydroxyl groups is 1. The van der Waals surface area contributed by atoms with E-state index >= 15 is 0 Å². The van der Waals surface area contributed by atoms with Crippen molar-refractivity contribution >= 4 is 0 Å². The second-order valence-corrected chi connectivity index (χ2v) is 3.23. The average molecular weight is 203 g/mol. The quantitative estimate of drug-likeness (QED) is 0.604. The molecule has 0 saturated carbocycles. The van der Waals surface area contributed by atoms with Crippen LogP contribution in [0, 0.1) is 18.3 Å². The van der Waals surface area contributed by atoms with Gasteiger partial charge < -0.3 is 9.84 Å². The number of methoxy groups -OCH3 is 1. The van der Waals surface area contributed by atoms with Crippen LogP contribution in [0.15, 0.2) is 36.1 Å². The van der Waals surface area contributed by atoms with Crippen molar-refractivity contribution < 1.29 is 9.84 Å². The van der Waals surface area contributed by atoms with Crippen LogP contribution < -0.4 is 0 Å². The first-order valence-corrected chi connectivity index (χ1v) is 4.56. The molecule has 3 nitrogen and oxygen atoms in total. The molecule has 0 aliphatic heterocycles. The predicted octanol–water partition coefficient (Wildman–Crippen LogP) is 2.08. The fourth-order valence-corrected chi connectivity index (χ4v) is 1.21. The van der Waals surface area contributed by atoms with Gasteiger partial charge in [-0.05, 0) is 12.5 Å². The van der Waals surface area contributed by atoms with E-state index in [1.807, 2.05) is 25.1 Å². The molecule has 0 saturated heterocycles.